The van der Waals surface area contributed by atoms with Gasteiger partial charge in [-0.15, -0.1) is 11.3 Å². The van der Waals surface area contributed by atoms with E-state index >= 15 is 0 Å². The molecule has 1 fully saturated rings. The van der Waals surface area contributed by atoms with E-state index in [0.717, 1.165) is 13.0 Å². The summed E-state index contributed by atoms with van der Waals surface area (Å²) in [5, 5.41) is 16.3. The summed E-state index contributed by atoms with van der Waals surface area (Å²) >= 11 is 1.22. The molecule has 1 unspecified atom stereocenters. The van der Waals surface area contributed by atoms with Crippen LogP contribution in [0.15, 0.2) is 5.38 Å². The normalized spacial score (nSPS) is 18.9. The Balaban J connectivity index is 1.70. The van der Waals surface area contributed by atoms with E-state index in [2.05, 4.69) is 27.6 Å². The zero-order chi connectivity index (χ0) is 14.5. The Morgan fingerprint density at radius 2 is 2.35 bits per heavy atom. The second kappa shape index (κ2) is 6.67. The summed E-state index contributed by atoms with van der Waals surface area (Å²) in [6, 6.07) is 0.150. The third-order valence-corrected chi connectivity index (χ3v) is 4.19. The Morgan fingerprint density at radius 3 is 2.95 bits per heavy atom. The Kier molecular flexibility index (Phi) is 4.91. The van der Waals surface area contributed by atoms with Gasteiger partial charge in [0.1, 0.15) is 5.01 Å². The average molecular weight is 298 g/mol. The first-order valence-electron chi connectivity index (χ1n) is 6.46. The zero-order valence-electron chi connectivity index (χ0n) is 11.3. The van der Waals surface area contributed by atoms with Crippen molar-refractivity contribution in [3.8, 4) is 0 Å². The van der Waals surface area contributed by atoms with E-state index in [4.69, 9.17) is 5.11 Å². The molecule has 0 aliphatic carbocycles. The first-order valence-corrected chi connectivity index (χ1v) is 7.34. The van der Waals surface area contributed by atoms with Crippen LogP contribution in [-0.4, -0.2) is 53.2 Å². The minimum Gasteiger partial charge on any atom is -0.476 e. The maximum Gasteiger partial charge on any atom is 0.355 e. The van der Waals surface area contributed by atoms with Gasteiger partial charge in [-0.3, -0.25) is 0 Å². The maximum absolute atomic E-state index is 11.6. The molecule has 7 nitrogen and oxygen atoms in total. The van der Waals surface area contributed by atoms with Gasteiger partial charge >= 0.3 is 12.0 Å². The maximum atomic E-state index is 11.6. The summed E-state index contributed by atoms with van der Waals surface area (Å²) in [6.45, 7) is 1.94. The topological polar surface area (TPSA) is 94.6 Å². The first-order chi connectivity index (χ1) is 9.56. The number of hydrogen-bond acceptors (Lipinski definition) is 5. The molecule has 2 rings (SSSR count). The van der Waals surface area contributed by atoms with Crippen LogP contribution in [-0.2, 0) is 6.54 Å². The monoisotopic (exact) mass is 298 g/mol. The molecule has 0 spiro atoms. The quantitative estimate of drug-likeness (QED) is 0.745. The van der Waals surface area contributed by atoms with Gasteiger partial charge in [0.05, 0.1) is 6.54 Å². The lowest BCUT2D eigenvalue weighted by Gasteiger charge is -2.19. The molecule has 2 heterocycles. The number of amides is 2. The van der Waals surface area contributed by atoms with Gasteiger partial charge in [0, 0.05) is 18.0 Å². The van der Waals surface area contributed by atoms with Crippen LogP contribution >= 0.6 is 11.3 Å². The molecule has 1 aliphatic heterocycles. The first kappa shape index (κ1) is 14.7. The fourth-order valence-corrected chi connectivity index (χ4v) is 2.86. The van der Waals surface area contributed by atoms with E-state index in [-0.39, 0.29) is 18.3 Å². The van der Waals surface area contributed by atoms with Crippen LogP contribution in [0.1, 0.15) is 28.3 Å². The number of urea groups is 1. The predicted molar refractivity (Wildman–Crippen MR) is 75.0 cm³/mol. The number of carbonyl (C=O) groups excluding carboxylic acids is 1. The number of likely N-dealkylation sites (tertiary alicyclic amines) is 1. The fraction of sp³-hybridized carbons (Fsp3) is 0.583. The fourth-order valence-electron chi connectivity index (χ4n) is 2.16. The number of carboxylic acids is 1. The molecule has 20 heavy (non-hydrogen) atoms. The van der Waals surface area contributed by atoms with E-state index in [1.165, 1.54) is 23.1 Å². The van der Waals surface area contributed by atoms with Gasteiger partial charge in [0.2, 0.25) is 0 Å². The van der Waals surface area contributed by atoms with Crippen molar-refractivity contribution in [2.24, 2.45) is 0 Å². The minimum atomic E-state index is -1.05. The molecular formula is C12H18N4O3S. The van der Waals surface area contributed by atoms with Crippen molar-refractivity contribution in [3.63, 3.8) is 0 Å². The smallest absolute Gasteiger partial charge is 0.355 e. The number of rotatable bonds is 5. The molecular weight excluding hydrogens is 280 g/mol. The molecule has 110 valence electrons. The third kappa shape index (κ3) is 3.91. The summed E-state index contributed by atoms with van der Waals surface area (Å²) in [6.07, 6.45) is 2.27. The lowest BCUT2D eigenvalue weighted by molar-refractivity contribution is 0.0691. The highest BCUT2D eigenvalue weighted by Gasteiger charge is 2.20. The Bertz CT molecular complexity index is 491. The van der Waals surface area contributed by atoms with E-state index < -0.39 is 5.97 Å². The van der Waals surface area contributed by atoms with Crippen molar-refractivity contribution < 1.29 is 14.7 Å². The van der Waals surface area contributed by atoms with Crippen LogP contribution in [0.25, 0.3) is 0 Å². The molecule has 1 aliphatic rings. The van der Waals surface area contributed by atoms with Crippen molar-refractivity contribution in [1.29, 1.82) is 0 Å². The van der Waals surface area contributed by atoms with E-state index in [1.807, 2.05) is 0 Å². The standard InChI is InChI=1S/C12H18N4O3S/c1-16-4-2-3-8(16)5-13-12(19)14-6-10-15-9(7-20-10)11(17)18/h7-8H,2-6H2,1H3,(H,17,18)(H2,13,14,19). The summed E-state index contributed by atoms with van der Waals surface area (Å²) < 4.78 is 0. The second-order valence-corrected chi connectivity index (χ2v) is 5.71. The largest absolute Gasteiger partial charge is 0.476 e. The SMILES string of the molecule is CN1CCCC1CNC(=O)NCc1nc(C(=O)O)cs1. The summed E-state index contributed by atoms with van der Waals surface area (Å²) in [4.78, 5) is 28.4. The van der Waals surface area contributed by atoms with Gasteiger partial charge in [0.25, 0.3) is 0 Å². The minimum absolute atomic E-state index is 0.0137. The number of aromatic nitrogens is 1. The highest BCUT2D eigenvalue weighted by molar-refractivity contribution is 7.09. The number of aromatic carboxylic acids is 1. The molecule has 1 atom stereocenters. The predicted octanol–water partition coefficient (Wildman–Crippen LogP) is 0.735. The number of hydrogen-bond donors (Lipinski definition) is 3. The summed E-state index contributed by atoms with van der Waals surface area (Å²) in [5.41, 5.74) is 0.0137. The molecule has 0 bridgehead atoms. The molecule has 2 amide bonds. The van der Waals surface area contributed by atoms with Crippen LogP contribution in [0, 0.1) is 0 Å². The number of thiazole rings is 1. The van der Waals surface area contributed by atoms with Crippen LogP contribution in [0.2, 0.25) is 0 Å². The number of carboxylic acid groups (broad SMARTS) is 1. The van der Waals surface area contributed by atoms with Crippen molar-refractivity contribution in [3.05, 3.63) is 16.1 Å². The van der Waals surface area contributed by atoms with Crippen LogP contribution < -0.4 is 10.6 Å². The highest BCUT2D eigenvalue weighted by atomic mass is 32.1. The van der Waals surface area contributed by atoms with Crippen LogP contribution in [0.3, 0.4) is 0 Å². The lowest BCUT2D eigenvalue weighted by Crippen LogP contribution is -2.42. The summed E-state index contributed by atoms with van der Waals surface area (Å²) in [7, 11) is 2.06. The number of nitrogens with one attached hydrogen (secondary N) is 2. The number of carbonyl (C=O) groups is 2. The van der Waals surface area contributed by atoms with Gasteiger partial charge in [-0.1, -0.05) is 0 Å². The van der Waals surface area contributed by atoms with Crippen LogP contribution in [0.5, 0.6) is 0 Å². The molecule has 0 saturated carbocycles. The number of nitrogens with zero attached hydrogens (tertiary/aromatic N) is 2. The highest BCUT2D eigenvalue weighted by Crippen LogP contribution is 2.13. The summed E-state index contributed by atoms with van der Waals surface area (Å²) in [5.74, 6) is -1.05. The van der Waals surface area contributed by atoms with Crippen molar-refractivity contribution >= 4 is 23.3 Å². The van der Waals surface area contributed by atoms with Crippen molar-refractivity contribution in [2.45, 2.75) is 25.4 Å². The Labute approximate surface area is 121 Å². The van der Waals surface area contributed by atoms with Crippen LogP contribution in [0.4, 0.5) is 4.79 Å². The third-order valence-electron chi connectivity index (χ3n) is 3.34. The average Bonchev–Trinajstić information content (AvgIpc) is 3.03. The van der Waals surface area contributed by atoms with E-state index in [0.29, 0.717) is 17.6 Å². The van der Waals surface area contributed by atoms with Gasteiger partial charge in [-0.05, 0) is 26.4 Å². The van der Waals surface area contributed by atoms with E-state index in [1.54, 1.807) is 0 Å². The van der Waals surface area contributed by atoms with Gasteiger partial charge < -0.3 is 20.6 Å². The molecule has 8 heteroatoms. The molecule has 0 aromatic carbocycles. The zero-order valence-corrected chi connectivity index (χ0v) is 12.1. The van der Waals surface area contributed by atoms with Gasteiger partial charge in [-0.25, -0.2) is 14.6 Å². The van der Waals surface area contributed by atoms with Gasteiger partial charge in [-0.2, -0.15) is 0 Å². The molecule has 3 N–H and O–H groups in total. The Morgan fingerprint density at radius 1 is 1.55 bits per heavy atom. The van der Waals surface area contributed by atoms with E-state index in [9.17, 15) is 9.59 Å². The molecule has 1 saturated heterocycles. The molecule has 0 radical (unpaired) electrons. The van der Waals surface area contributed by atoms with Gasteiger partial charge in [0.15, 0.2) is 5.69 Å². The molecule has 1 aromatic rings. The molecule has 1 aromatic heterocycles. The number of likely N-dealkylation sites (N-methyl/N-ethyl adjacent to an activating group) is 1. The Hall–Kier alpha value is -1.67. The van der Waals surface area contributed by atoms with Crippen molar-refractivity contribution in [1.82, 2.24) is 20.5 Å². The lowest BCUT2D eigenvalue weighted by atomic mass is 10.2. The second-order valence-electron chi connectivity index (χ2n) is 4.77. The van der Waals surface area contributed by atoms with Crippen molar-refractivity contribution in [2.75, 3.05) is 20.1 Å².